The largest absolute Gasteiger partial charge is 0.381 e. The average molecular weight is 253 g/mol. The molecular weight excluding hydrogens is 234 g/mol. The lowest BCUT2D eigenvalue weighted by molar-refractivity contribution is 0.0830. The van der Waals surface area contributed by atoms with Gasteiger partial charge in [0.25, 0.3) is 0 Å². The summed E-state index contributed by atoms with van der Waals surface area (Å²) in [5.74, 6) is 1.91. The Morgan fingerprint density at radius 1 is 1.33 bits per heavy atom. The van der Waals surface area contributed by atoms with Crippen molar-refractivity contribution >= 4 is 0 Å². The summed E-state index contributed by atoms with van der Waals surface area (Å²) in [4.78, 5) is 4.53. The first-order valence-electron chi connectivity index (χ1n) is 6.54. The van der Waals surface area contributed by atoms with E-state index in [1.54, 1.807) is 7.11 Å². The van der Waals surface area contributed by atoms with Crippen molar-refractivity contribution in [2.45, 2.75) is 37.3 Å². The second-order valence-corrected chi connectivity index (χ2v) is 4.93. The van der Waals surface area contributed by atoms with Gasteiger partial charge in [0.05, 0.1) is 12.1 Å². The van der Waals surface area contributed by atoms with Crippen molar-refractivity contribution in [3.05, 3.63) is 11.7 Å². The van der Waals surface area contributed by atoms with E-state index in [0.717, 1.165) is 44.8 Å². The Hall–Kier alpha value is -0.980. The normalized spacial score (nSPS) is 29.8. The SMILES string of the molecule is COC1CNC(c2nc(C3CCOCC3)no2)C1. The smallest absolute Gasteiger partial charge is 0.243 e. The number of nitrogens with zero attached hydrogens (tertiary/aromatic N) is 2. The van der Waals surface area contributed by atoms with Gasteiger partial charge in [0, 0.05) is 32.8 Å². The minimum Gasteiger partial charge on any atom is -0.381 e. The maximum absolute atomic E-state index is 5.37. The first-order valence-corrected chi connectivity index (χ1v) is 6.54. The molecule has 3 heterocycles. The summed E-state index contributed by atoms with van der Waals surface area (Å²) in [6.07, 6.45) is 3.11. The molecule has 0 amide bonds. The zero-order valence-electron chi connectivity index (χ0n) is 10.6. The second kappa shape index (κ2) is 5.34. The highest BCUT2D eigenvalue weighted by Gasteiger charge is 2.30. The van der Waals surface area contributed by atoms with Crippen LogP contribution < -0.4 is 5.32 Å². The number of hydrogen-bond donors (Lipinski definition) is 1. The van der Waals surface area contributed by atoms with E-state index in [4.69, 9.17) is 14.0 Å². The van der Waals surface area contributed by atoms with Crippen LogP contribution in [0, 0.1) is 0 Å². The van der Waals surface area contributed by atoms with Gasteiger partial charge in [0.1, 0.15) is 0 Å². The first kappa shape index (κ1) is 12.1. The predicted molar refractivity (Wildman–Crippen MR) is 63.2 cm³/mol. The monoisotopic (exact) mass is 253 g/mol. The minimum absolute atomic E-state index is 0.135. The van der Waals surface area contributed by atoms with Gasteiger partial charge in [-0.2, -0.15) is 4.98 Å². The van der Waals surface area contributed by atoms with Crippen LogP contribution in [0.2, 0.25) is 0 Å². The van der Waals surface area contributed by atoms with Crippen LogP contribution in [0.1, 0.15) is 42.9 Å². The number of aromatic nitrogens is 2. The van der Waals surface area contributed by atoms with Crippen molar-refractivity contribution < 1.29 is 14.0 Å². The van der Waals surface area contributed by atoms with Crippen LogP contribution in [0.25, 0.3) is 0 Å². The molecule has 0 spiro atoms. The van der Waals surface area contributed by atoms with Gasteiger partial charge in [-0.05, 0) is 19.3 Å². The van der Waals surface area contributed by atoms with Gasteiger partial charge in [-0.3, -0.25) is 0 Å². The Balaban J connectivity index is 1.66. The molecule has 0 aliphatic carbocycles. The van der Waals surface area contributed by atoms with Crippen molar-refractivity contribution in [1.82, 2.24) is 15.5 Å². The summed E-state index contributed by atoms with van der Waals surface area (Å²) in [6, 6.07) is 0.135. The lowest BCUT2D eigenvalue weighted by Gasteiger charge is -2.18. The lowest BCUT2D eigenvalue weighted by atomic mass is 10.00. The van der Waals surface area contributed by atoms with Gasteiger partial charge < -0.3 is 19.3 Å². The summed E-state index contributed by atoms with van der Waals surface area (Å²) in [7, 11) is 1.73. The van der Waals surface area contributed by atoms with E-state index in [0.29, 0.717) is 11.8 Å². The minimum atomic E-state index is 0.135. The molecule has 1 N–H and O–H groups in total. The number of ether oxygens (including phenoxy) is 2. The van der Waals surface area contributed by atoms with Gasteiger partial charge in [0.15, 0.2) is 5.82 Å². The van der Waals surface area contributed by atoms with Crippen molar-refractivity contribution in [2.24, 2.45) is 0 Å². The maximum atomic E-state index is 5.37. The van der Waals surface area contributed by atoms with E-state index in [2.05, 4.69) is 15.5 Å². The summed E-state index contributed by atoms with van der Waals surface area (Å²) in [6.45, 7) is 2.43. The molecule has 100 valence electrons. The molecule has 2 fully saturated rings. The molecule has 0 aromatic carbocycles. The molecule has 2 saturated heterocycles. The highest BCUT2D eigenvalue weighted by molar-refractivity contribution is 5.02. The van der Waals surface area contributed by atoms with Crippen LogP contribution in [0.15, 0.2) is 4.52 Å². The third-order valence-electron chi connectivity index (χ3n) is 3.77. The fourth-order valence-electron chi connectivity index (χ4n) is 2.58. The molecule has 1 aromatic rings. The van der Waals surface area contributed by atoms with Crippen LogP contribution in [-0.2, 0) is 9.47 Å². The third-order valence-corrected chi connectivity index (χ3v) is 3.77. The predicted octanol–water partition coefficient (Wildman–Crippen LogP) is 1.01. The Kier molecular flexibility index (Phi) is 3.58. The van der Waals surface area contributed by atoms with Gasteiger partial charge >= 0.3 is 0 Å². The molecule has 3 rings (SSSR count). The standard InChI is InChI=1S/C12H19N3O3/c1-16-9-6-10(13-7-9)12-14-11(15-18-12)8-2-4-17-5-3-8/h8-10,13H,2-7H2,1H3. The van der Waals surface area contributed by atoms with Crippen LogP contribution in [0.4, 0.5) is 0 Å². The summed E-state index contributed by atoms with van der Waals surface area (Å²) in [5.41, 5.74) is 0. The number of rotatable bonds is 3. The van der Waals surface area contributed by atoms with E-state index in [-0.39, 0.29) is 12.1 Å². The van der Waals surface area contributed by atoms with Gasteiger partial charge in [-0.15, -0.1) is 0 Å². The Labute approximate surface area is 106 Å². The van der Waals surface area contributed by atoms with E-state index < -0.39 is 0 Å². The molecule has 0 bridgehead atoms. The van der Waals surface area contributed by atoms with Crippen LogP contribution in [0.3, 0.4) is 0 Å². The molecular formula is C12H19N3O3. The summed E-state index contributed by atoms with van der Waals surface area (Å²) in [5, 5.41) is 7.46. The van der Waals surface area contributed by atoms with E-state index >= 15 is 0 Å². The van der Waals surface area contributed by atoms with Crippen LogP contribution >= 0.6 is 0 Å². The van der Waals surface area contributed by atoms with Gasteiger partial charge in [-0.1, -0.05) is 5.16 Å². The Bertz CT molecular complexity index is 390. The van der Waals surface area contributed by atoms with E-state index in [1.807, 2.05) is 0 Å². The van der Waals surface area contributed by atoms with Gasteiger partial charge in [-0.25, -0.2) is 0 Å². The molecule has 1 aromatic heterocycles. The fraction of sp³-hybridized carbons (Fsp3) is 0.833. The molecule has 2 unspecified atom stereocenters. The van der Waals surface area contributed by atoms with Crippen molar-refractivity contribution in [2.75, 3.05) is 26.9 Å². The highest BCUT2D eigenvalue weighted by Crippen LogP contribution is 2.28. The van der Waals surface area contributed by atoms with E-state index in [1.165, 1.54) is 0 Å². The summed E-state index contributed by atoms with van der Waals surface area (Å²) < 4.78 is 16.0. The van der Waals surface area contributed by atoms with Crippen molar-refractivity contribution in [1.29, 1.82) is 0 Å². The van der Waals surface area contributed by atoms with Crippen LogP contribution in [0.5, 0.6) is 0 Å². The molecule has 18 heavy (non-hydrogen) atoms. The number of methoxy groups -OCH3 is 1. The second-order valence-electron chi connectivity index (χ2n) is 4.93. The van der Waals surface area contributed by atoms with Crippen molar-refractivity contribution in [3.63, 3.8) is 0 Å². The van der Waals surface area contributed by atoms with E-state index in [9.17, 15) is 0 Å². The molecule has 0 saturated carbocycles. The maximum Gasteiger partial charge on any atom is 0.243 e. The quantitative estimate of drug-likeness (QED) is 0.867. The molecule has 2 atom stereocenters. The Morgan fingerprint density at radius 3 is 2.89 bits per heavy atom. The molecule has 0 radical (unpaired) electrons. The Morgan fingerprint density at radius 2 is 2.17 bits per heavy atom. The third kappa shape index (κ3) is 2.41. The summed E-state index contributed by atoms with van der Waals surface area (Å²) >= 11 is 0. The number of nitrogens with one attached hydrogen (secondary N) is 1. The van der Waals surface area contributed by atoms with Crippen LogP contribution in [-0.4, -0.2) is 43.1 Å². The zero-order chi connectivity index (χ0) is 12.4. The lowest BCUT2D eigenvalue weighted by Crippen LogP contribution is -2.17. The van der Waals surface area contributed by atoms with Gasteiger partial charge in [0.2, 0.25) is 5.89 Å². The average Bonchev–Trinajstić information content (AvgIpc) is 3.08. The molecule has 2 aliphatic rings. The topological polar surface area (TPSA) is 69.4 Å². The number of hydrogen-bond acceptors (Lipinski definition) is 6. The fourth-order valence-corrected chi connectivity index (χ4v) is 2.58. The highest BCUT2D eigenvalue weighted by atomic mass is 16.5. The zero-order valence-corrected chi connectivity index (χ0v) is 10.6. The first-order chi connectivity index (χ1) is 8.86. The molecule has 6 nitrogen and oxygen atoms in total. The molecule has 2 aliphatic heterocycles. The molecule has 6 heteroatoms. The van der Waals surface area contributed by atoms with Crippen molar-refractivity contribution in [3.8, 4) is 0 Å².